The lowest BCUT2D eigenvalue weighted by Gasteiger charge is -2.26. The van der Waals surface area contributed by atoms with E-state index >= 15 is 0 Å². The molecule has 0 unspecified atom stereocenters. The average molecular weight is 281 g/mol. The highest BCUT2D eigenvalue weighted by Gasteiger charge is 2.38. The Bertz CT molecular complexity index is 483. The molecule has 0 spiro atoms. The van der Waals surface area contributed by atoms with Gasteiger partial charge < -0.3 is 0 Å². The zero-order chi connectivity index (χ0) is 14.0. The van der Waals surface area contributed by atoms with Crippen LogP contribution in [0.2, 0.25) is 0 Å². The molecule has 102 valence electrons. The quantitative estimate of drug-likeness (QED) is 0.851. The van der Waals surface area contributed by atoms with Gasteiger partial charge in [-0.2, -0.15) is 17.5 Å². The summed E-state index contributed by atoms with van der Waals surface area (Å²) in [6, 6.07) is 6.33. The highest BCUT2D eigenvalue weighted by atomic mass is 32.2. The summed E-state index contributed by atoms with van der Waals surface area (Å²) in [6.07, 6.45) is -4.56. The van der Waals surface area contributed by atoms with Gasteiger partial charge in [-0.25, -0.2) is 8.42 Å². The summed E-state index contributed by atoms with van der Waals surface area (Å²) in [4.78, 5) is -0.136. The Kier molecular flexibility index (Phi) is 4.39. The molecular formula is C11H14F3NO2S. The van der Waals surface area contributed by atoms with E-state index in [0.29, 0.717) is 4.31 Å². The predicted molar refractivity (Wildman–Crippen MR) is 61.5 cm³/mol. The fraction of sp³-hybridized carbons (Fsp3) is 0.455. The number of hydrogen-bond donors (Lipinski definition) is 0. The highest BCUT2D eigenvalue weighted by Crippen LogP contribution is 2.24. The molecule has 0 radical (unpaired) electrons. The third-order valence-electron chi connectivity index (χ3n) is 2.26. The van der Waals surface area contributed by atoms with Gasteiger partial charge in [0.25, 0.3) is 0 Å². The zero-order valence-electron chi connectivity index (χ0n) is 9.98. The number of hydrogen-bond acceptors (Lipinski definition) is 2. The largest absolute Gasteiger partial charge is 0.402 e. The van der Waals surface area contributed by atoms with E-state index in [0.717, 1.165) is 0 Å². The molecule has 0 heterocycles. The Balaban J connectivity index is 3.14. The van der Waals surface area contributed by atoms with Crippen LogP contribution in [0.25, 0.3) is 0 Å². The van der Waals surface area contributed by atoms with Crippen LogP contribution in [0.15, 0.2) is 35.2 Å². The van der Waals surface area contributed by atoms with E-state index in [-0.39, 0.29) is 4.90 Å². The molecule has 0 aromatic heterocycles. The molecule has 0 aliphatic carbocycles. The molecule has 0 saturated carbocycles. The Morgan fingerprint density at radius 3 is 2.06 bits per heavy atom. The van der Waals surface area contributed by atoms with Crippen molar-refractivity contribution < 1.29 is 21.6 Å². The standard InChI is InChI=1S/C11H14F3NO2S/c1-9(2)15(8-11(12,13)14)18(16,17)10-6-4-3-5-7-10/h3-7,9H,8H2,1-2H3. The van der Waals surface area contributed by atoms with Crippen LogP contribution in [0, 0.1) is 0 Å². The molecule has 0 aliphatic heterocycles. The van der Waals surface area contributed by atoms with Crippen LogP contribution < -0.4 is 0 Å². The van der Waals surface area contributed by atoms with E-state index in [1.165, 1.54) is 38.1 Å². The Morgan fingerprint density at radius 2 is 1.67 bits per heavy atom. The Hall–Kier alpha value is -1.08. The normalized spacial score (nSPS) is 13.3. The van der Waals surface area contributed by atoms with Crippen LogP contribution in [0.5, 0.6) is 0 Å². The molecular weight excluding hydrogens is 267 g/mol. The molecule has 3 nitrogen and oxygen atoms in total. The number of benzene rings is 1. The highest BCUT2D eigenvalue weighted by molar-refractivity contribution is 7.89. The fourth-order valence-electron chi connectivity index (χ4n) is 1.45. The number of rotatable bonds is 4. The molecule has 18 heavy (non-hydrogen) atoms. The third-order valence-corrected chi connectivity index (χ3v) is 4.30. The van der Waals surface area contributed by atoms with E-state index in [1.54, 1.807) is 6.07 Å². The molecule has 0 amide bonds. The van der Waals surface area contributed by atoms with Crippen molar-refractivity contribution >= 4 is 10.0 Å². The van der Waals surface area contributed by atoms with Gasteiger partial charge in [0.1, 0.15) is 6.54 Å². The van der Waals surface area contributed by atoms with Crippen molar-refractivity contribution in [2.45, 2.75) is 31.0 Å². The summed E-state index contributed by atoms with van der Waals surface area (Å²) in [6.45, 7) is 1.33. The molecule has 0 N–H and O–H groups in total. The van der Waals surface area contributed by atoms with Crippen molar-refractivity contribution in [1.29, 1.82) is 0 Å². The summed E-state index contributed by atoms with van der Waals surface area (Å²) in [5.74, 6) is 0. The average Bonchev–Trinajstić information content (AvgIpc) is 2.25. The van der Waals surface area contributed by atoms with Crippen molar-refractivity contribution in [2.24, 2.45) is 0 Å². The van der Waals surface area contributed by atoms with Crippen molar-refractivity contribution in [3.05, 3.63) is 30.3 Å². The minimum absolute atomic E-state index is 0.136. The first-order valence-electron chi connectivity index (χ1n) is 5.28. The summed E-state index contributed by atoms with van der Waals surface area (Å²) in [5, 5.41) is 0. The minimum Gasteiger partial charge on any atom is -0.207 e. The molecule has 0 bridgehead atoms. The smallest absolute Gasteiger partial charge is 0.207 e. The van der Waals surface area contributed by atoms with E-state index in [9.17, 15) is 21.6 Å². The van der Waals surface area contributed by atoms with E-state index in [4.69, 9.17) is 0 Å². The summed E-state index contributed by atoms with van der Waals surface area (Å²) in [5.41, 5.74) is 0. The summed E-state index contributed by atoms with van der Waals surface area (Å²) < 4.78 is 61.8. The van der Waals surface area contributed by atoms with Crippen molar-refractivity contribution in [2.75, 3.05) is 6.54 Å². The lowest BCUT2D eigenvalue weighted by atomic mass is 10.4. The van der Waals surface area contributed by atoms with E-state index in [2.05, 4.69) is 0 Å². The van der Waals surface area contributed by atoms with Gasteiger partial charge in [0.05, 0.1) is 4.90 Å². The monoisotopic (exact) mass is 281 g/mol. The van der Waals surface area contributed by atoms with Crippen molar-refractivity contribution in [1.82, 2.24) is 4.31 Å². The van der Waals surface area contributed by atoms with E-state index < -0.39 is 28.8 Å². The fourth-order valence-corrected chi connectivity index (χ4v) is 3.09. The lowest BCUT2D eigenvalue weighted by molar-refractivity contribution is -0.138. The van der Waals surface area contributed by atoms with Gasteiger partial charge >= 0.3 is 6.18 Å². The van der Waals surface area contributed by atoms with Crippen LogP contribution in [0.4, 0.5) is 13.2 Å². The van der Waals surface area contributed by atoms with Gasteiger partial charge in [-0.1, -0.05) is 18.2 Å². The number of alkyl halides is 3. The van der Waals surface area contributed by atoms with Crippen molar-refractivity contribution in [3.63, 3.8) is 0 Å². The molecule has 0 saturated heterocycles. The summed E-state index contributed by atoms with van der Waals surface area (Å²) >= 11 is 0. The number of halogens is 3. The maximum Gasteiger partial charge on any atom is 0.402 e. The van der Waals surface area contributed by atoms with Crippen molar-refractivity contribution in [3.8, 4) is 0 Å². The first kappa shape index (κ1) is 15.0. The second kappa shape index (κ2) is 5.27. The maximum atomic E-state index is 12.4. The Morgan fingerprint density at radius 1 is 1.17 bits per heavy atom. The van der Waals surface area contributed by atoms with Crippen LogP contribution in [-0.2, 0) is 10.0 Å². The topological polar surface area (TPSA) is 37.4 Å². The number of sulfonamides is 1. The van der Waals surface area contributed by atoms with Crippen LogP contribution in [0.3, 0.4) is 0 Å². The van der Waals surface area contributed by atoms with E-state index in [1.807, 2.05) is 0 Å². The van der Waals surface area contributed by atoms with Crippen LogP contribution in [0.1, 0.15) is 13.8 Å². The van der Waals surface area contributed by atoms with Gasteiger partial charge in [-0.05, 0) is 26.0 Å². The predicted octanol–water partition coefficient (Wildman–Crippen LogP) is 2.65. The second-order valence-electron chi connectivity index (χ2n) is 4.07. The molecule has 0 aliphatic rings. The Labute approximate surface area is 104 Å². The molecule has 0 atom stereocenters. The molecule has 1 rings (SSSR count). The molecule has 1 aromatic carbocycles. The third kappa shape index (κ3) is 3.71. The second-order valence-corrected chi connectivity index (χ2v) is 5.96. The van der Waals surface area contributed by atoms with Gasteiger partial charge in [0.2, 0.25) is 10.0 Å². The van der Waals surface area contributed by atoms with Crippen LogP contribution >= 0.6 is 0 Å². The minimum atomic E-state index is -4.56. The number of nitrogens with zero attached hydrogens (tertiary/aromatic N) is 1. The van der Waals surface area contributed by atoms with Crippen LogP contribution in [-0.4, -0.2) is 31.5 Å². The lowest BCUT2D eigenvalue weighted by Crippen LogP contribution is -2.43. The van der Waals surface area contributed by atoms with Gasteiger partial charge in [-0.3, -0.25) is 0 Å². The first-order valence-corrected chi connectivity index (χ1v) is 6.72. The SMILES string of the molecule is CC(C)N(CC(F)(F)F)S(=O)(=O)c1ccccc1. The first-order chi connectivity index (χ1) is 8.14. The van der Waals surface area contributed by atoms with Gasteiger partial charge in [-0.15, -0.1) is 0 Å². The molecule has 7 heteroatoms. The van der Waals surface area contributed by atoms with Gasteiger partial charge in [0, 0.05) is 6.04 Å². The molecule has 0 fully saturated rings. The maximum absolute atomic E-state index is 12.4. The molecule has 1 aromatic rings. The van der Waals surface area contributed by atoms with Gasteiger partial charge in [0.15, 0.2) is 0 Å². The summed E-state index contributed by atoms with van der Waals surface area (Å²) in [7, 11) is -4.12. The zero-order valence-corrected chi connectivity index (χ0v) is 10.8.